The van der Waals surface area contributed by atoms with Gasteiger partial charge >= 0.3 is 0 Å². The normalized spacial score (nSPS) is 12.4. The molecule has 0 N–H and O–H groups in total. The molecule has 1 unspecified atom stereocenters. The minimum Gasteiger partial charge on any atom is -0.305 e. The highest BCUT2D eigenvalue weighted by Gasteiger charge is 2.08. The summed E-state index contributed by atoms with van der Waals surface area (Å²) in [6.45, 7) is 3.93. The second-order valence-electron chi connectivity index (χ2n) is 4.37. The van der Waals surface area contributed by atoms with E-state index in [1.54, 1.807) is 0 Å². The summed E-state index contributed by atoms with van der Waals surface area (Å²) < 4.78 is 1.12. The Kier molecular flexibility index (Phi) is 6.25. The van der Waals surface area contributed by atoms with Gasteiger partial charge in [0, 0.05) is 17.6 Å². The summed E-state index contributed by atoms with van der Waals surface area (Å²) in [6.07, 6.45) is 1.96. The van der Waals surface area contributed by atoms with Gasteiger partial charge in [0.2, 0.25) is 0 Å². The van der Waals surface area contributed by atoms with E-state index in [1.165, 1.54) is 5.56 Å². The summed E-state index contributed by atoms with van der Waals surface area (Å²) in [4.78, 5) is 2.24. The van der Waals surface area contributed by atoms with E-state index in [0.717, 1.165) is 30.4 Å². The van der Waals surface area contributed by atoms with Crippen LogP contribution < -0.4 is 0 Å². The van der Waals surface area contributed by atoms with Crippen LogP contribution in [0.2, 0.25) is 0 Å². The van der Waals surface area contributed by atoms with E-state index < -0.39 is 0 Å². The van der Waals surface area contributed by atoms with Gasteiger partial charge in [-0.15, -0.1) is 0 Å². The molecule has 0 amide bonds. The van der Waals surface area contributed by atoms with E-state index in [2.05, 4.69) is 65.1 Å². The summed E-state index contributed by atoms with van der Waals surface area (Å²) in [6, 6.07) is 10.8. The Morgan fingerprint density at radius 3 is 2.53 bits per heavy atom. The predicted molar refractivity (Wildman–Crippen MR) is 74.7 cm³/mol. The van der Waals surface area contributed by atoms with Crippen molar-refractivity contribution >= 4 is 15.9 Å². The number of hydrogen-bond acceptors (Lipinski definition) is 2. The van der Waals surface area contributed by atoms with E-state index in [1.807, 2.05) is 0 Å². The molecule has 2 nitrogen and oxygen atoms in total. The quantitative estimate of drug-likeness (QED) is 0.803. The van der Waals surface area contributed by atoms with Gasteiger partial charge in [-0.25, -0.2) is 0 Å². The van der Waals surface area contributed by atoms with Gasteiger partial charge in [-0.3, -0.25) is 0 Å². The van der Waals surface area contributed by atoms with Crippen LogP contribution >= 0.6 is 15.9 Å². The van der Waals surface area contributed by atoms with E-state index in [9.17, 15) is 0 Å². The molecule has 0 radical (unpaired) electrons. The molecule has 0 aliphatic carbocycles. The molecule has 1 aromatic rings. The molecular weight excluding hydrogens is 276 g/mol. The lowest BCUT2D eigenvalue weighted by Crippen LogP contribution is -2.27. The number of hydrogen-bond donors (Lipinski definition) is 0. The molecule has 0 fully saturated rings. The average Bonchev–Trinajstić information content (AvgIpc) is 2.35. The summed E-state index contributed by atoms with van der Waals surface area (Å²) in [5.41, 5.74) is 1.34. The zero-order chi connectivity index (χ0) is 12.7. The molecule has 1 atom stereocenters. The van der Waals surface area contributed by atoms with Gasteiger partial charge in [-0.05, 0) is 37.6 Å². The Morgan fingerprint density at radius 2 is 2.00 bits per heavy atom. The molecule has 1 aromatic carbocycles. The zero-order valence-electron chi connectivity index (χ0n) is 10.5. The van der Waals surface area contributed by atoms with Crippen LogP contribution in [-0.2, 0) is 6.42 Å². The van der Waals surface area contributed by atoms with Crippen LogP contribution in [0.1, 0.15) is 18.9 Å². The smallest absolute Gasteiger partial charge is 0.0669 e. The molecule has 0 aliphatic rings. The van der Waals surface area contributed by atoms with Crippen LogP contribution in [-0.4, -0.2) is 25.0 Å². The van der Waals surface area contributed by atoms with Gasteiger partial charge in [0.25, 0.3) is 0 Å². The van der Waals surface area contributed by atoms with Crippen molar-refractivity contribution in [3.63, 3.8) is 0 Å². The fourth-order valence-corrected chi connectivity index (χ4v) is 1.96. The third-order valence-electron chi connectivity index (χ3n) is 2.90. The Morgan fingerprint density at radius 1 is 1.35 bits per heavy atom. The summed E-state index contributed by atoms with van der Waals surface area (Å²) in [5.74, 6) is 0.157. The fourth-order valence-electron chi connectivity index (χ4n) is 1.70. The number of halogens is 1. The lowest BCUT2D eigenvalue weighted by Gasteiger charge is -2.18. The number of benzene rings is 1. The monoisotopic (exact) mass is 294 g/mol. The van der Waals surface area contributed by atoms with Crippen molar-refractivity contribution in [3.8, 4) is 6.07 Å². The van der Waals surface area contributed by atoms with Crippen LogP contribution in [0.3, 0.4) is 0 Å². The fraction of sp³-hybridized carbons (Fsp3) is 0.500. The van der Waals surface area contributed by atoms with Crippen LogP contribution in [0.25, 0.3) is 0 Å². The number of likely N-dealkylation sites (N-methyl/N-ethyl adjacent to an activating group) is 1. The molecule has 0 heterocycles. The topological polar surface area (TPSA) is 27.0 Å². The van der Waals surface area contributed by atoms with Gasteiger partial charge in [0.1, 0.15) is 0 Å². The van der Waals surface area contributed by atoms with Gasteiger partial charge in [0.05, 0.1) is 12.0 Å². The van der Waals surface area contributed by atoms with Crippen LogP contribution in [0.15, 0.2) is 28.7 Å². The van der Waals surface area contributed by atoms with Crippen molar-refractivity contribution in [2.45, 2.75) is 19.8 Å². The maximum atomic E-state index is 8.91. The highest BCUT2D eigenvalue weighted by atomic mass is 79.9. The van der Waals surface area contributed by atoms with Crippen molar-refractivity contribution in [1.29, 1.82) is 5.26 Å². The predicted octanol–water partition coefficient (Wildman–Crippen LogP) is 3.47. The van der Waals surface area contributed by atoms with Gasteiger partial charge < -0.3 is 4.90 Å². The molecule has 17 heavy (non-hydrogen) atoms. The maximum Gasteiger partial charge on any atom is 0.0669 e. The van der Waals surface area contributed by atoms with Crippen LogP contribution in [0.4, 0.5) is 0 Å². The van der Waals surface area contributed by atoms with Gasteiger partial charge in [-0.1, -0.05) is 35.0 Å². The molecule has 0 bridgehead atoms. The zero-order valence-corrected chi connectivity index (χ0v) is 12.1. The van der Waals surface area contributed by atoms with E-state index in [0.29, 0.717) is 0 Å². The van der Waals surface area contributed by atoms with Gasteiger partial charge in [0.15, 0.2) is 0 Å². The molecule has 92 valence electrons. The maximum absolute atomic E-state index is 8.91. The summed E-state index contributed by atoms with van der Waals surface area (Å²) in [5, 5.41) is 8.91. The second-order valence-corrected chi connectivity index (χ2v) is 5.29. The molecule has 0 aliphatic heterocycles. The van der Waals surface area contributed by atoms with Crippen LogP contribution in [0.5, 0.6) is 0 Å². The minimum atomic E-state index is 0.157. The van der Waals surface area contributed by atoms with Crippen LogP contribution in [0, 0.1) is 17.2 Å². The first-order valence-corrected chi connectivity index (χ1v) is 6.77. The Balaban J connectivity index is 2.35. The summed E-state index contributed by atoms with van der Waals surface area (Å²) >= 11 is 3.43. The Labute approximate surface area is 112 Å². The number of rotatable bonds is 6. The van der Waals surface area contributed by atoms with Crippen molar-refractivity contribution in [2.75, 3.05) is 20.1 Å². The molecule has 3 heteroatoms. The average molecular weight is 295 g/mol. The van der Waals surface area contributed by atoms with E-state index in [4.69, 9.17) is 5.26 Å². The first-order chi connectivity index (χ1) is 8.15. The van der Waals surface area contributed by atoms with E-state index >= 15 is 0 Å². The molecular formula is C14H19BrN2. The third-order valence-corrected chi connectivity index (χ3v) is 3.43. The highest BCUT2D eigenvalue weighted by Crippen LogP contribution is 2.11. The molecule has 0 saturated heterocycles. The van der Waals surface area contributed by atoms with Crippen molar-refractivity contribution in [3.05, 3.63) is 34.3 Å². The van der Waals surface area contributed by atoms with E-state index in [-0.39, 0.29) is 5.92 Å². The SMILES string of the molecule is CCC(C#N)CN(C)CCc1ccc(Br)cc1. The van der Waals surface area contributed by atoms with Crippen molar-refractivity contribution in [2.24, 2.45) is 5.92 Å². The Bertz CT molecular complexity index is 367. The van der Waals surface area contributed by atoms with Crippen molar-refractivity contribution in [1.82, 2.24) is 4.90 Å². The van der Waals surface area contributed by atoms with Crippen molar-refractivity contribution < 1.29 is 0 Å². The first-order valence-electron chi connectivity index (χ1n) is 5.98. The Hall–Kier alpha value is -0.850. The minimum absolute atomic E-state index is 0.157. The second kappa shape index (κ2) is 7.47. The molecule has 0 saturated carbocycles. The highest BCUT2D eigenvalue weighted by molar-refractivity contribution is 9.10. The largest absolute Gasteiger partial charge is 0.305 e. The lowest BCUT2D eigenvalue weighted by atomic mass is 10.1. The number of nitriles is 1. The molecule has 0 spiro atoms. The first kappa shape index (κ1) is 14.2. The molecule has 0 aromatic heterocycles. The lowest BCUT2D eigenvalue weighted by molar-refractivity contribution is 0.303. The number of nitrogens with zero attached hydrogens (tertiary/aromatic N) is 2. The molecule has 1 rings (SSSR count). The van der Waals surface area contributed by atoms with Gasteiger partial charge in [-0.2, -0.15) is 5.26 Å². The third kappa shape index (κ3) is 5.34. The standard InChI is InChI=1S/C14H19BrN2/c1-3-12(10-16)11-17(2)9-8-13-4-6-14(15)7-5-13/h4-7,12H,3,8-9,11H2,1-2H3. The summed E-state index contributed by atoms with van der Waals surface area (Å²) in [7, 11) is 2.08.